The van der Waals surface area contributed by atoms with Crippen molar-refractivity contribution in [2.75, 3.05) is 12.8 Å². The summed E-state index contributed by atoms with van der Waals surface area (Å²) in [5, 5.41) is 5.53. The van der Waals surface area contributed by atoms with Crippen LogP contribution in [0.4, 0.5) is 4.79 Å². The summed E-state index contributed by atoms with van der Waals surface area (Å²) in [5.74, 6) is -0.452. The van der Waals surface area contributed by atoms with Crippen LogP contribution in [-0.2, 0) is 4.79 Å². The van der Waals surface area contributed by atoms with Gasteiger partial charge in [-0.25, -0.2) is 9.78 Å². The van der Waals surface area contributed by atoms with Crippen molar-refractivity contribution in [3.05, 3.63) is 34.6 Å². The van der Waals surface area contributed by atoms with Gasteiger partial charge in [0.15, 0.2) is 5.16 Å². The van der Waals surface area contributed by atoms with Gasteiger partial charge in [-0.1, -0.05) is 30.8 Å². The Labute approximate surface area is 143 Å². The molecule has 1 aromatic heterocycles. The predicted octanol–water partition coefficient (Wildman–Crippen LogP) is 1.92. The summed E-state index contributed by atoms with van der Waals surface area (Å²) >= 11 is 1.14. The maximum absolute atomic E-state index is 12.8. The van der Waals surface area contributed by atoms with Crippen molar-refractivity contribution in [3.8, 4) is 0 Å². The summed E-state index contributed by atoms with van der Waals surface area (Å²) < 4.78 is 1.61. The number of rotatable bonds is 5. The second kappa shape index (κ2) is 7.96. The number of thioether (sulfide) groups is 1. The molecule has 2 aromatic rings. The Morgan fingerprint density at radius 1 is 1.33 bits per heavy atom. The van der Waals surface area contributed by atoms with Gasteiger partial charge in [-0.15, -0.1) is 0 Å². The standard InChI is InChI=1S/C16H20N4O3S/c1-4-10(2)20-14(22)11-7-5-6-8-12(11)18-16(20)24-9-13(21)19-15(23)17-3/h5-8,10H,4,9H2,1-3H3,(H2,17,19,21,23)/t10-/m0/s1. The molecular weight excluding hydrogens is 328 g/mol. The minimum absolute atomic E-state index is 0.00532. The van der Waals surface area contributed by atoms with Crippen LogP contribution in [0.1, 0.15) is 26.3 Å². The molecule has 0 saturated carbocycles. The molecule has 0 spiro atoms. The van der Waals surface area contributed by atoms with Crippen molar-refractivity contribution < 1.29 is 9.59 Å². The highest BCUT2D eigenvalue weighted by Crippen LogP contribution is 2.22. The average molecular weight is 348 g/mol. The van der Waals surface area contributed by atoms with Gasteiger partial charge in [-0.2, -0.15) is 0 Å². The van der Waals surface area contributed by atoms with E-state index in [1.807, 2.05) is 19.9 Å². The zero-order valence-corrected chi connectivity index (χ0v) is 14.6. The Bertz CT molecular complexity index is 819. The van der Waals surface area contributed by atoms with Gasteiger partial charge in [0.2, 0.25) is 5.91 Å². The fraction of sp³-hybridized carbons (Fsp3) is 0.375. The number of fused-ring (bicyclic) bond motifs is 1. The fourth-order valence-corrected chi connectivity index (χ4v) is 3.05. The van der Waals surface area contributed by atoms with Crippen LogP contribution in [0.15, 0.2) is 34.2 Å². The van der Waals surface area contributed by atoms with E-state index in [0.29, 0.717) is 16.1 Å². The highest BCUT2D eigenvalue weighted by Gasteiger charge is 2.17. The molecule has 24 heavy (non-hydrogen) atoms. The maximum atomic E-state index is 12.8. The van der Waals surface area contributed by atoms with Crippen LogP contribution in [0.25, 0.3) is 10.9 Å². The lowest BCUT2D eigenvalue weighted by Gasteiger charge is -2.18. The van der Waals surface area contributed by atoms with E-state index < -0.39 is 11.9 Å². The van der Waals surface area contributed by atoms with Gasteiger partial charge >= 0.3 is 6.03 Å². The number of carbonyl (C=O) groups is 2. The van der Waals surface area contributed by atoms with Gasteiger partial charge < -0.3 is 5.32 Å². The minimum Gasteiger partial charge on any atom is -0.341 e. The first-order chi connectivity index (χ1) is 11.5. The highest BCUT2D eigenvalue weighted by atomic mass is 32.2. The van der Waals surface area contributed by atoms with Crippen LogP contribution in [0, 0.1) is 0 Å². The van der Waals surface area contributed by atoms with E-state index in [2.05, 4.69) is 15.6 Å². The average Bonchev–Trinajstić information content (AvgIpc) is 2.59. The van der Waals surface area contributed by atoms with Crippen LogP contribution in [0.2, 0.25) is 0 Å². The van der Waals surface area contributed by atoms with Crippen molar-refractivity contribution in [1.29, 1.82) is 0 Å². The number of carbonyl (C=O) groups excluding carboxylic acids is 2. The zero-order valence-electron chi connectivity index (χ0n) is 13.8. The number of hydrogen-bond acceptors (Lipinski definition) is 5. The lowest BCUT2D eigenvalue weighted by molar-refractivity contribution is -0.117. The number of nitrogens with one attached hydrogen (secondary N) is 2. The van der Waals surface area contributed by atoms with Crippen LogP contribution < -0.4 is 16.2 Å². The van der Waals surface area contributed by atoms with E-state index in [0.717, 1.165) is 18.2 Å². The van der Waals surface area contributed by atoms with Crippen molar-refractivity contribution in [1.82, 2.24) is 20.2 Å². The number of imide groups is 1. The number of aromatic nitrogens is 2. The van der Waals surface area contributed by atoms with Crippen molar-refractivity contribution in [2.45, 2.75) is 31.5 Å². The molecule has 0 saturated heterocycles. The minimum atomic E-state index is -0.564. The van der Waals surface area contributed by atoms with Gasteiger partial charge in [0.25, 0.3) is 5.56 Å². The van der Waals surface area contributed by atoms with E-state index >= 15 is 0 Å². The molecule has 1 atom stereocenters. The molecule has 2 rings (SSSR count). The molecule has 8 heteroatoms. The summed E-state index contributed by atoms with van der Waals surface area (Å²) in [6.45, 7) is 3.92. The molecule has 0 unspecified atom stereocenters. The van der Waals surface area contributed by atoms with Crippen molar-refractivity contribution in [3.63, 3.8) is 0 Å². The third kappa shape index (κ3) is 3.94. The summed E-state index contributed by atoms with van der Waals surface area (Å²) in [7, 11) is 1.43. The Kier molecular flexibility index (Phi) is 5.97. The zero-order chi connectivity index (χ0) is 17.7. The first-order valence-electron chi connectivity index (χ1n) is 7.63. The summed E-state index contributed by atoms with van der Waals surface area (Å²) in [5.41, 5.74) is 0.473. The first-order valence-corrected chi connectivity index (χ1v) is 8.62. The number of benzene rings is 1. The van der Waals surface area contributed by atoms with Crippen LogP contribution in [0.3, 0.4) is 0 Å². The third-order valence-corrected chi connectivity index (χ3v) is 4.57. The van der Waals surface area contributed by atoms with E-state index in [9.17, 15) is 14.4 Å². The molecule has 2 N–H and O–H groups in total. The van der Waals surface area contributed by atoms with Crippen molar-refractivity contribution >= 4 is 34.6 Å². The van der Waals surface area contributed by atoms with E-state index in [1.54, 1.807) is 22.8 Å². The second-order valence-electron chi connectivity index (χ2n) is 5.26. The number of hydrogen-bond donors (Lipinski definition) is 2. The first kappa shape index (κ1) is 18.0. The number of urea groups is 1. The van der Waals surface area contributed by atoms with Crippen molar-refractivity contribution in [2.24, 2.45) is 0 Å². The largest absolute Gasteiger partial charge is 0.341 e. The monoisotopic (exact) mass is 348 g/mol. The Morgan fingerprint density at radius 3 is 2.71 bits per heavy atom. The molecular formula is C16H20N4O3S. The molecule has 1 heterocycles. The molecule has 0 aliphatic rings. The van der Waals surface area contributed by atoms with Crippen LogP contribution in [-0.4, -0.2) is 34.3 Å². The molecule has 128 valence electrons. The topological polar surface area (TPSA) is 93.1 Å². The van der Waals surface area contributed by atoms with Gasteiger partial charge in [-0.05, 0) is 25.5 Å². The SMILES string of the molecule is CC[C@H](C)n1c(SCC(=O)NC(=O)NC)nc2ccccc2c1=O. The van der Waals surface area contributed by atoms with Crippen LogP contribution >= 0.6 is 11.8 Å². The number of nitrogens with zero attached hydrogens (tertiary/aromatic N) is 2. The molecule has 0 fully saturated rings. The van der Waals surface area contributed by atoms with E-state index in [-0.39, 0.29) is 17.4 Å². The Hall–Kier alpha value is -2.35. The molecule has 0 radical (unpaired) electrons. The van der Waals surface area contributed by atoms with Gasteiger partial charge in [0, 0.05) is 13.1 Å². The normalized spacial score (nSPS) is 12.0. The lowest BCUT2D eigenvalue weighted by atomic mass is 10.2. The lowest BCUT2D eigenvalue weighted by Crippen LogP contribution is -2.38. The smallest absolute Gasteiger partial charge is 0.321 e. The Balaban J connectivity index is 2.35. The summed E-state index contributed by atoms with van der Waals surface area (Å²) in [6, 6.07) is 6.53. The molecule has 1 aromatic carbocycles. The van der Waals surface area contributed by atoms with E-state index in [4.69, 9.17) is 0 Å². The fourth-order valence-electron chi connectivity index (χ4n) is 2.15. The molecule has 3 amide bonds. The molecule has 7 nitrogen and oxygen atoms in total. The molecule has 0 aliphatic heterocycles. The van der Waals surface area contributed by atoms with Gasteiger partial charge in [-0.3, -0.25) is 19.5 Å². The molecule has 0 aliphatic carbocycles. The summed E-state index contributed by atoms with van der Waals surface area (Å²) in [4.78, 5) is 40.2. The number of para-hydroxylation sites is 1. The van der Waals surface area contributed by atoms with Gasteiger partial charge in [0.1, 0.15) is 0 Å². The van der Waals surface area contributed by atoms with E-state index in [1.165, 1.54) is 7.05 Å². The Morgan fingerprint density at radius 2 is 2.04 bits per heavy atom. The quantitative estimate of drug-likeness (QED) is 0.636. The second-order valence-corrected chi connectivity index (χ2v) is 6.20. The number of amides is 3. The predicted molar refractivity (Wildman–Crippen MR) is 94.3 cm³/mol. The van der Waals surface area contributed by atoms with Crippen LogP contribution in [0.5, 0.6) is 0 Å². The summed E-state index contributed by atoms with van der Waals surface area (Å²) in [6.07, 6.45) is 0.762. The molecule has 0 bridgehead atoms. The van der Waals surface area contributed by atoms with Gasteiger partial charge in [0.05, 0.1) is 16.7 Å². The maximum Gasteiger partial charge on any atom is 0.321 e. The third-order valence-electron chi connectivity index (χ3n) is 3.62. The highest BCUT2D eigenvalue weighted by molar-refractivity contribution is 7.99.